The van der Waals surface area contributed by atoms with Gasteiger partial charge < -0.3 is 15.4 Å². The second-order valence-electron chi connectivity index (χ2n) is 7.38. The molecule has 1 aliphatic heterocycles. The maximum absolute atomic E-state index is 12.9. The number of hydrogen-bond acceptors (Lipinski definition) is 7. The molecule has 0 saturated heterocycles. The molecular formula is C22H24N2O6S2. The van der Waals surface area contributed by atoms with E-state index in [1.165, 1.54) is 43.0 Å². The van der Waals surface area contributed by atoms with Crippen molar-refractivity contribution in [2.75, 3.05) is 23.0 Å². The third-order valence-electron chi connectivity index (χ3n) is 4.82. The zero-order valence-electron chi connectivity index (χ0n) is 17.9. The van der Waals surface area contributed by atoms with E-state index in [1.807, 2.05) is 0 Å². The summed E-state index contributed by atoms with van der Waals surface area (Å²) in [5.74, 6) is -2.33. The van der Waals surface area contributed by atoms with Gasteiger partial charge in [-0.1, -0.05) is 6.92 Å². The normalized spacial score (nSPS) is 16.5. The smallest absolute Gasteiger partial charge is 0.338 e. The summed E-state index contributed by atoms with van der Waals surface area (Å²) < 4.78 is 30.6. The van der Waals surface area contributed by atoms with Gasteiger partial charge in [0.1, 0.15) is 0 Å². The van der Waals surface area contributed by atoms with Gasteiger partial charge in [0.15, 0.2) is 9.84 Å². The van der Waals surface area contributed by atoms with Gasteiger partial charge in [0.2, 0.25) is 11.8 Å². The van der Waals surface area contributed by atoms with Crippen LogP contribution in [-0.2, 0) is 24.2 Å². The van der Waals surface area contributed by atoms with Crippen LogP contribution in [0.25, 0.3) is 0 Å². The van der Waals surface area contributed by atoms with E-state index < -0.39 is 33.4 Å². The van der Waals surface area contributed by atoms with Gasteiger partial charge >= 0.3 is 5.97 Å². The lowest BCUT2D eigenvalue weighted by atomic mass is 10.1. The Kier molecular flexibility index (Phi) is 7.25. The standard InChI is InChI=1S/C22H24N2O6S2/c1-4-30-22(27)15-5-7-16(8-6-15)23-20(25)13(2)12-32(28,29)17-9-10-19-18(11-17)24-21(26)14(3)31-19/h5-11,13-14H,4,12H2,1-3H3,(H,23,25)(H,24,26)/t13-,14+/m0/s1. The molecule has 0 spiro atoms. The van der Waals surface area contributed by atoms with Gasteiger partial charge in [-0.25, -0.2) is 13.2 Å². The molecule has 3 rings (SSSR count). The highest BCUT2D eigenvalue weighted by atomic mass is 32.2. The lowest BCUT2D eigenvalue weighted by Gasteiger charge is -2.22. The zero-order valence-corrected chi connectivity index (χ0v) is 19.5. The molecule has 0 unspecified atom stereocenters. The maximum Gasteiger partial charge on any atom is 0.338 e. The first-order valence-electron chi connectivity index (χ1n) is 10.0. The van der Waals surface area contributed by atoms with E-state index in [9.17, 15) is 22.8 Å². The Labute approximate surface area is 191 Å². The van der Waals surface area contributed by atoms with Gasteiger partial charge in [0, 0.05) is 16.5 Å². The van der Waals surface area contributed by atoms with Crippen molar-refractivity contribution in [3.05, 3.63) is 48.0 Å². The molecule has 10 heteroatoms. The highest BCUT2D eigenvalue weighted by Crippen LogP contribution is 2.37. The number of sulfone groups is 1. The van der Waals surface area contributed by atoms with Crippen molar-refractivity contribution in [1.29, 1.82) is 0 Å². The number of benzene rings is 2. The summed E-state index contributed by atoms with van der Waals surface area (Å²) in [5.41, 5.74) is 1.25. The number of thioether (sulfide) groups is 1. The molecule has 0 bridgehead atoms. The third-order valence-corrected chi connectivity index (χ3v) is 7.91. The third kappa shape index (κ3) is 5.49. The fourth-order valence-corrected chi connectivity index (χ4v) is 5.56. The van der Waals surface area contributed by atoms with Crippen molar-refractivity contribution in [2.24, 2.45) is 5.92 Å². The van der Waals surface area contributed by atoms with Crippen LogP contribution in [0.15, 0.2) is 52.3 Å². The molecular weight excluding hydrogens is 452 g/mol. The van der Waals surface area contributed by atoms with Crippen LogP contribution in [0.4, 0.5) is 11.4 Å². The van der Waals surface area contributed by atoms with Crippen molar-refractivity contribution in [3.8, 4) is 0 Å². The minimum Gasteiger partial charge on any atom is -0.462 e. The molecule has 170 valence electrons. The predicted molar refractivity (Wildman–Crippen MR) is 123 cm³/mol. The molecule has 0 fully saturated rings. The number of rotatable bonds is 7. The quantitative estimate of drug-likeness (QED) is 0.588. The average Bonchev–Trinajstić information content (AvgIpc) is 2.74. The second kappa shape index (κ2) is 9.74. The Morgan fingerprint density at radius 2 is 1.88 bits per heavy atom. The Balaban J connectivity index is 1.66. The molecule has 2 N–H and O–H groups in total. The molecule has 0 aromatic heterocycles. The van der Waals surface area contributed by atoms with Crippen molar-refractivity contribution in [2.45, 2.75) is 35.8 Å². The van der Waals surface area contributed by atoms with Crippen LogP contribution in [-0.4, -0.2) is 43.8 Å². The monoisotopic (exact) mass is 476 g/mol. The summed E-state index contributed by atoms with van der Waals surface area (Å²) in [6.07, 6.45) is 0. The number of nitrogens with one attached hydrogen (secondary N) is 2. The number of fused-ring (bicyclic) bond motifs is 1. The van der Waals surface area contributed by atoms with Gasteiger partial charge in [-0.05, 0) is 56.3 Å². The molecule has 0 radical (unpaired) electrons. The van der Waals surface area contributed by atoms with E-state index in [0.717, 1.165) is 4.90 Å². The second-order valence-corrected chi connectivity index (χ2v) is 10.8. The number of carbonyl (C=O) groups excluding carboxylic acids is 3. The van der Waals surface area contributed by atoms with Gasteiger partial charge in [0.05, 0.1) is 33.8 Å². The average molecular weight is 477 g/mol. The van der Waals surface area contributed by atoms with E-state index in [1.54, 1.807) is 32.0 Å². The van der Waals surface area contributed by atoms with Gasteiger partial charge in [-0.2, -0.15) is 0 Å². The number of hydrogen-bond donors (Lipinski definition) is 2. The van der Waals surface area contributed by atoms with Crippen LogP contribution in [0, 0.1) is 5.92 Å². The largest absolute Gasteiger partial charge is 0.462 e. The fraction of sp³-hybridized carbons (Fsp3) is 0.318. The number of carbonyl (C=O) groups is 3. The van der Waals surface area contributed by atoms with Crippen LogP contribution in [0.1, 0.15) is 31.1 Å². The Morgan fingerprint density at radius 1 is 1.19 bits per heavy atom. The summed E-state index contributed by atoms with van der Waals surface area (Å²) in [6.45, 7) is 5.27. The highest BCUT2D eigenvalue weighted by Gasteiger charge is 2.27. The SMILES string of the molecule is CCOC(=O)c1ccc(NC(=O)[C@@H](C)CS(=O)(=O)c2ccc3c(c2)NC(=O)[C@@H](C)S3)cc1. The number of anilines is 2. The highest BCUT2D eigenvalue weighted by molar-refractivity contribution is 8.01. The number of ether oxygens (including phenoxy) is 1. The molecule has 8 nitrogen and oxygen atoms in total. The van der Waals surface area contributed by atoms with Crippen molar-refractivity contribution >= 4 is 50.8 Å². The van der Waals surface area contributed by atoms with Crippen LogP contribution in [0.2, 0.25) is 0 Å². The summed E-state index contributed by atoms with van der Waals surface area (Å²) in [4.78, 5) is 37.0. The van der Waals surface area contributed by atoms with Crippen molar-refractivity contribution in [3.63, 3.8) is 0 Å². The van der Waals surface area contributed by atoms with E-state index in [2.05, 4.69) is 10.6 Å². The Hall–Kier alpha value is -2.85. The first-order valence-corrected chi connectivity index (χ1v) is 12.6. The predicted octanol–water partition coefficient (Wildman–Crippen LogP) is 3.34. The van der Waals surface area contributed by atoms with Crippen molar-refractivity contribution in [1.82, 2.24) is 0 Å². The van der Waals surface area contributed by atoms with Crippen LogP contribution < -0.4 is 10.6 Å². The van der Waals surface area contributed by atoms with E-state index >= 15 is 0 Å². The molecule has 2 aromatic rings. The molecule has 1 heterocycles. The minimum absolute atomic E-state index is 0.0464. The van der Waals surface area contributed by atoms with Gasteiger partial charge in [-0.3, -0.25) is 9.59 Å². The lowest BCUT2D eigenvalue weighted by Crippen LogP contribution is -2.28. The fourth-order valence-electron chi connectivity index (χ4n) is 3.05. The zero-order chi connectivity index (χ0) is 23.5. The van der Waals surface area contributed by atoms with Crippen LogP contribution in [0.5, 0.6) is 0 Å². The minimum atomic E-state index is -3.77. The summed E-state index contributed by atoms with van der Waals surface area (Å²) in [7, 11) is -3.77. The first-order chi connectivity index (χ1) is 15.1. The molecule has 2 atom stereocenters. The maximum atomic E-state index is 12.9. The Bertz CT molecular complexity index is 1150. The van der Waals surface area contributed by atoms with E-state index in [0.29, 0.717) is 16.9 Å². The summed E-state index contributed by atoms with van der Waals surface area (Å²) >= 11 is 1.36. The van der Waals surface area contributed by atoms with E-state index in [4.69, 9.17) is 4.74 Å². The Morgan fingerprint density at radius 3 is 2.53 bits per heavy atom. The summed E-state index contributed by atoms with van der Waals surface area (Å²) in [6, 6.07) is 10.7. The molecule has 0 aliphatic carbocycles. The van der Waals surface area contributed by atoms with Gasteiger partial charge in [-0.15, -0.1) is 11.8 Å². The van der Waals surface area contributed by atoms with Crippen LogP contribution >= 0.6 is 11.8 Å². The molecule has 0 saturated carbocycles. The lowest BCUT2D eigenvalue weighted by molar-refractivity contribution is -0.119. The molecule has 2 aromatic carbocycles. The molecule has 1 aliphatic rings. The molecule has 32 heavy (non-hydrogen) atoms. The number of amides is 2. The molecule has 2 amide bonds. The number of esters is 1. The van der Waals surface area contributed by atoms with Gasteiger partial charge in [0.25, 0.3) is 0 Å². The van der Waals surface area contributed by atoms with Crippen molar-refractivity contribution < 1.29 is 27.5 Å². The summed E-state index contributed by atoms with van der Waals surface area (Å²) in [5, 5.41) is 5.12. The first kappa shape index (κ1) is 23.8. The van der Waals surface area contributed by atoms with Crippen LogP contribution in [0.3, 0.4) is 0 Å². The topological polar surface area (TPSA) is 119 Å². The van der Waals surface area contributed by atoms with E-state index in [-0.39, 0.29) is 22.7 Å².